The number of nitrogens with one attached hydrogen (secondary N) is 1. The van der Waals surface area contributed by atoms with E-state index in [1.807, 2.05) is 19.2 Å². The molecule has 1 N–H and O–H groups in total. The van der Waals surface area contributed by atoms with E-state index in [1.54, 1.807) is 10.7 Å². The van der Waals surface area contributed by atoms with Crippen LogP contribution in [-0.2, 0) is 0 Å². The van der Waals surface area contributed by atoms with Crippen molar-refractivity contribution in [2.24, 2.45) is 0 Å². The fraction of sp³-hybridized carbons (Fsp3) is 0.273. The molecule has 0 radical (unpaired) electrons. The average molecular weight is 200 g/mol. The molecule has 4 heteroatoms. The summed E-state index contributed by atoms with van der Waals surface area (Å²) in [4.78, 5) is 4.25. The largest absolute Gasteiger partial charge is 0.367 e. The molecule has 0 atom stereocenters. The Bertz CT molecular complexity index is 507. The number of hydrogen-bond acceptors (Lipinski definition) is 3. The Hall–Kier alpha value is -2.02. The second-order valence-electron chi connectivity index (χ2n) is 3.27. The number of nitrogens with zero attached hydrogens (tertiary/aromatic N) is 3. The Morgan fingerprint density at radius 1 is 1.60 bits per heavy atom. The number of fused-ring (bicyclic) bond motifs is 1. The molecule has 15 heavy (non-hydrogen) atoms. The van der Waals surface area contributed by atoms with Gasteiger partial charge in [0.25, 0.3) is 0 Å². The molecule has 0 saturated carbocycles. The Kier molecular flexibility index (Phi) is 2.55. The molecule has 0 saturated heterocycles. The molecule has 0 aliphatic rings. The van der Waals surface area contributed by atoms with Crippen molar-refractivity contribution in [3.05, 3.63) is 24.2 Å². The summed E-state index contributed by atoms with van der Waals surface area (Å²) in [6.45, 7) is 2.69. The molecular weight excluding hydrogens is 188 g/mol. The first-order valence-electron chi connectivity index (χ1n) is 4.79. The minimum absolute atomic E-state index is 0.690. The van der Waals surface area contributed by atoms with E-state index >= 15 is 0 Å². The number of terminal acetylenes is 1. The van der Waals surface area contributed by atoms with Crippen LogP contribution in [0.3, 0.4) is 0 Å². The Labute approximate surface area is 88.3 Å². The van der Waals surface area contributed by atoms with E-state index in [-0.39, 0.29) is 0 Å². The first-order chi connectivity index (χ1) is 7.31. The number of rotatable bonds is 3. The molecule has 0 bridgehead atoms. The molecule has 0 unspecified atom stereocenters. The number of aromatic nitrogens is 3. The average Bonchev–Trinajstić information content (AvgIpc) is 2.59. The highest BCUT2D eigenvalue weighted by Crippen LogP contribution is 2.14. The van der Waals surface area contributed by atoms with Crippen molar-refractivity contribution in [1.29, 1.82) is 0 Å². The van der Waals surface area contributed by atoms with Gasteiger partial charge in [-0.1, -0.05) is 0 Å². The summed E-state index contributed by atoms with van der Waals surface area (Å²) in [5.41, 5.74) is 1.95. The molecule has 0 aromatic carbocycles. The van der Waals surface area contributed by atoms with Crippen LogP contribution in [0.25, 0.3) is 5.52 Å². The van der Waals surface area contributed by atoms with Crippen molar-refractivity contribution in [2.75, 3.05) is 11.9 Å². The molecular formula is C11H12N4. The van der Waals surface area contributed by atoms with Gasteiger partial charge < -0.3 is 5.32 Å². The highest BCUT2D eigenvalue weighted by molar-refractivity contribution is 5.67. The standard InChI is InChI=1S/C11H12N4/c1-3-4-5-12-11-10-8-9(2)14-15(10)7-6-13-11/h1,6-8H,4-5H2,2H3,(H,12,13). The summed E-state index contributed by atoms with van der Waals surface area (Å²) in [5.74, 6) is 3.41. The molecule has 2 rings (SSSR count). The van der Waals surface area contributed by atoms with Gasteiger partial charge in [0.15, 0.2) is 5.82 Å². The molecule has 76 valence electrons. The smallest absolute Gasteiger partial charge is 0.152 e. The zero-order chi connectivity index (χ0) is 10.7. The lowest BCUT2D eigenvalue weighted by molar-refractivity contribution is 0.919. The SMILES string of the molecule is C#CCCNc1nccn2nc(C)cc12. The van der Waals surface area contributed by atoms with Crippen LogP contribution in [0.2, 0.25) is 0 Å². The van der Waals surface area contributed by atoms with Gasteiger partial charge in [0.1, 0.15) is 5.52 Å². The van der Waals surface area contributed by atoms with Crippen LogP contribution in [0.1, 0.15) is 12.1 Å². The highest BCUT2D eigenvalue weighted by atomic mass is 15.2. The van der Waals surface area contributed by atoms with Crippen LogP contribution < -0.4 is 5.32 Å². The van der Waals surface area contributed by atoms with Crippen molar-refractivity contribution >= 4 is 11.3 Å². The van der Waals surface area contributed by atoms with E-state index in [0.717, 1.165) is 23.6 Å². The first-order valence-corrected chi connectivity index (χ1v) is 4.79. The van der Waals surface area contributed by atoms with E-state index in [4.69, 9.17) is 6.42 Å². The maximum Gasteiger partial charge on any atom is 0.152 e. The summed E-state index contributed by atoms with van der Waals surface area (Å²) in [6.07, 6.45) is 9.42. The van der Waals surface area contributed by atoms with Crippen LogP contribution in [0.4, 0.5) is 5.82 Å². The van der Waals surface area contributed by atoms with Gasteiger partial charge in [0, 0.05) is 25.4 Å². The predicted molar refractivity (Wildman–Crippen MR) is 59.7 cm³/mol. The summed E-state index contributed by atoms with van der Waals surface area (Å²) in [6, 6.07) is 1.99. The molecule has 2 aromatic rings. The van der Waals surface area contributed by atoms with Gasteiger partial charge >= 0.3 is 0 Å². The van der Waals surface area contributed by atoms with Crippen LogP contribution in [0, 0.1) is 19.3 Å². The zero-order valence-electron chi connectivity index (χ0n) is 8.57. The summed E-state index contributed by atoms with van der Waals surface area (Å²) < 4.78 is 1.81. The van der Waals surface area contributed by atoms with Crippen LogP contribution in [0.5, 0.6) is 0 Å². The van der Waals surface area contributed by atoms with Gasteiger partial charge in [-0.25, -0.2) is 9.50 Å². The Morgan fingerprint density at radius 3 is 3.27 bits per heavy atom. The molecule has 2 aromatic heterocycles. The van der Waals surface area contributed by atoms with Gasteiger partial charge in [0.05, 0.1) is 5.69 Å². The van der Waals surface area contributed by atoms with Gasteiger partial charge in [-0.2, -0.15) is 5.10 Å². The van der Waals surface area contributed by atoms with Gasteiger partial charge in [0.2, 0.25) is 0 Å². The van der Waals surface area contributed by atoms with E-state index in [2.05, 4.69) is 21.3 Å². The number of hydrogen-bond donors (Lipinski definition) is 1. The Balaban J connectivity index is 2.30. The molecule has 4 nitrogen and oxygen atoms in total. The third-order valence-corrected chi connectivity index (χ3v) is 2.07. The second-order valence-corrected chi connectivity index (χ2v) is 3.27. The minimum atomic E-state index is 0.690. The zero-order valence-corrected chi connectivity index (χ0v) is 8.57. The fourth-order valence-electron chi connectivity index (χ4n) is 1.43. The fourth-order valence-corrected chi connectivity index (χ4v) is 1.43. The Morgan fingerprint density at radius 2 is 2.47 bits per heavy atom. The lowest BCUT2D eigenvalue weighted by Crippen LogP contribution is -2.04. The lowest BCUT2D eigenvalue weighted by atomic mass is 10.4. The van der Waals surface area contributed by atoms with E-state index in [9.17, 15) is 0 Å². The maximum atomic E-state index is 5.18. The van der Waals surface area contributed by atoms with Crippen molar-refractivity contribution in [3.8, 4) is 12.3 Å². The van der Waals surface area contributed by atoms with Crippen LogP contribution in [0.15, 0.2) is 18.5 Å². The van der Waals surface area contributed by atoms with E-state index < -0.39 is 0 Å². The third-order valence-electron chi connectivity index (χ3n) is 2.07. The minimum Gasteiger partial charge on any atom is -0.367 e. The first kappa shape index (κ1) is 9.53. The monoisotopic (exact) mass is 200 g/mol. The quantitative estimate of drug-likeness (QED) is 0.602. The summed E-state index contributed by atoms with van der Waals surface area (Å²) in [5, 5.41) is 7.49. The van der Waals surface area contributed by atoms with Crippen molar-refractivity contribution < 1.29 is 0 Å². The maximum absolute atomic E-state index is 5.18. The van der Waals surface area contributed by atoms with Gasteiger partial charge in [-0.05, 0) is 13.0 Å². The van der Waals surface area contributed by atoms with Gasteiger partial charge in [-0.15, -0.1) is 12.3 Å². The normalized spacial score (nSPS) is 10.1. The molecule has 0 aliphatic heterocycles. The predicted octanol–water partition coefficient (Wildman–Crippen LogP) is 1.47. The van der Waals surface area contributed by atoms with Crippen LogP contribution >= 0.6 is 0 Å². The number of aryl methyl sites for hydroxylation is 1. The second kappa shape index (κ2) is 4.01. The number of anilines is 1. The van der Waals surface area contributed by atoms with Gasteiger partial charge in [-0.3, -0.25) is 0 Å². The molecule has 0 aliphatic carbocycles. The molecule has 0 fully saturated rings. The topological polar surface area (TPSA) is 42.2 Å². The van der Waals surface area contributed by atoms with Crippen LogP contribution in [-0.4, -0.2) is 21.1 Å². The summed E-state index contributed by atoms with van der Waals surface area (Å²) in [7, 11) is 0. The van der Waals surface area contributed by atoms with Crippen molar-refractivity contribution in [1.82, 2.24) is 14.6 Å². The molecule has 2 heterocycles. The third kappa shape index (κ3) is 1.91. The van der Waals surface area contributed by atoms with E-state index in [0.29, 0.717) is 6.42 Å². The molecule has 0 spiro atoms. The summed E-state index contributed by atoms with van der Waals surface area (Å²) >= 11 is 0. The molecule has 0 amide bonds. The highest BCUT2D eigenvalue weighted by Gasteiger charge is 2.03. The van der Waals surface area contributed by atoms with Crippen molar-refractivity contribution in [2.45, 2.75) is 13.3 Å². The van der Waals surface area contributed by atoms with E-state index in [1.165, 1.54) is 0 Å². The van der Waals surface area contributed by atoms with Crippen molar-refractivity contribution in [3.63, 3.8) is 0 Å². The lowest BCUT2D eigenvalue weighted by Gasteiger charge is -2.03.